The van der Waals surface area contributed by atoms with Gasteiger partial charge in [0.15, 0.2) is 0 Å². The Morgan fingerprint density at radius 2 is 0.724 bits per heavy atom. The number of carbonyl (C=O) groups is 4. The third-order valence-electron chi connectivity index (χ3n) is 2.90. The molecule has 0 aromatic heterocycles. The summed E-state index contributed by atoms with van der Waals surface area (Å²) >= 11 is 9.19. The molecule has 168 valence electrons. The summed E-state index contributed by atoms with van der Waals surface area (Å²) in [5.74, 6) is -5.55. The van der Waals surface area contributed by atoms with E-state index in [-0.39, 0.29) is 23.0 Å². The molecule has 0 amide bonds. The molecule has 17 heteroatoms. The van der Waals surface area contributed by atoms with E-state index in [9.17, 15) is 19.2 Å². The van der Waals surface area contributed by atoms with Gasteiger partial charge in [0.25, 0.3) is 0 Å². The first-order valence-corrected chi connectivity index (χ1v) is 15.0. The normalized spacial score (nSPS) is 17.1. The zero-order valence-corrected chi connectivity index (χ0v) is 21.4. The topological polar surface area (TPSA) is 209 Å². The van der Waals surface area contributed by atoms with Crippen LogP contribution in [0.15, 0.2) is 0 Å². The monoisotopic (exact) mass is 600 g/mol. The number of hydrogen-bond acceptors (Lipinski definition) is 16. The van der Waals surface area contributed by atoms with E-state index in [1.54, 1.807) is 0 Å². The Labute approximate surface area is 195 Å². The Bertz CT molecular complexity index is 503. The number of rotatable bonds is 12. The van der Waals surface area contributed by atoms with Crippen LogP contribution in [0.2, 0.25) is 0 Å². The maximum absolute atomic E-state index is 12.2. The van der Waals surface area contributed by atoms with Crippen LogP contribution < -0.4 is 22.9 Å². The SMILES string of the molecule is NC(CS)C(=O)[O][Sn]([O]C(=O)C(N)CS)([O]C(=O)C(N)CS)[O]C(=O)C(N)CS. The first-order valence-electron chi connectivity index (χ1n) is 7.84. The number of nitrogens with two attached hydrogens (primary N) is 4. The number of thiol groups is 4. The van der Waals surface area contributed by atoms with E-state index >= 15 is 0 Å². The predicted molar refractivity (Wildman–Crippen MR) is 117 cm³/mol. The molecule has 0 aliphatic rings. The Hall–Kier alpha value is -0.0813. The summed E-state index contributed by atoms with van der Waals surface area (Å²) in [4.78, 5) is 48.8. The minimum atomic E-state index is -6.18. The molecule has 0 radical (unpaired) electrons. The molecule has 0 aliphatic heterocycles. The molecule has 0 spiro atoms. The molecule has 0 fully saturated rings. The van der Waals surface area contributed by atoms with Gasteiger partial charge in [-0.1, -0.05) is 0 Å². The van der Waals surface area contributed by atoms with Crippen molar-refractivity contribution in [3.8, 4) is 0 Å². The predicted octanol–water partition coefficient (Wildman–Crippen LogP) is -3.38. The van der Waals surface area contributed by atoms with Crippen molar-refractivity contribution < 1.29 is 31.5 Å². The zero-order valence-electron chi connectivity index (χ0n) is 15.0. The van der Waals surface area contributed by atoms with Crippen molar-refractivity contribution in [2.75, 3.05) is 23.0 Å². The molecule has 0 saturated carbocycles. The summed E-state index contributed by atoms with van der Waals surface area (Å²) in [6.45, 7) is 0. The quantitative estimate of drug-likeness (QED) is 0.0817. The Morgan fingerprint density at radius 3 is 0.862 bits per heavy atom. The molecular weight excluding hydrogens is 575 g/mol. The molecular formula is C12H24N4O8S4Sn. The van der Waals surface area contributed by atoms with Gasteiger partial charge in [0, 0.05) is 0 Å². The fourth-order valence-corrected chi connectivity index (χ4v) is 7.07. The van der Waals surface area contributed by atoms with Gasteiger partial charge in [-0.2, -0.15) is 0 Å². The van der Waals surface area contributed by atoms with Crippen LogP contribution in [0.25, 0.3) is 0 Å². The second-order valence-electron chi connectivity index (χ2n) is 5.34. The third kappa shape index (κ3) is 9.72. The average molecular weight is 599 g/mol. The minimum absolute atomic E-state index is 0.181. The van der Waals surface area contributed by atoms with Crippen LogP contribution in [0.1, 0.15) is 0 Å². The molecule has 4 atom stereocenters. The summed E-state index contributed by atoms with van der Waals surface area (Å²) in [6.07, 6.45) is 0. The first kappa shape index (κ1) is 28.9. The van der Waals surface area contributed by atoms with Gasteiger partial charge in [-0.3, -0.25) is 0 Å². The summed E-state index contributed by atoms with van der Waals surface area (Å²) in [7, 11) is 0. The molecule has 0 heterocycles. The molecule has 29 heavy (non-hydrogen) atoms. The summed E-state index contributed by atoms with van der Waals surface area (Å²) in [5, 5.41) is 0. The standard InChI is InChI=1S/4C3H7NO2S.Sn/c4*4-2(1-7)3(5)6;/h4*2,7H,1,4H2,(H,5,6);/q;;;;+4/p-4. The Balaban J connectivity index is 6.11. The second kappa shape index (κ2) is 14.1. The van der Waals surface area contributed by atoms with Crippen molar-refractivity contribution in [2.45, 2.75) is 24.2 Å². The van der Waals surface area contributed by atoms with Crippen molar-refractivity contribution in [2.24, 2.45) is 22.9 Å². The van der Waals surface area contributed by atoms with E-state index in [0.717, 1.165) is 0 Å². The van der Waals surface area contributed by atoms with Gasteiger partial charge >= 0.3 is 196 Å². The van der Waals surface area contributed by atoms with Crippen LogP contribution in [0.3, 0.4) is 0 Å². The van der Waals surface area contributed by atoms with Crippen LogP contribution in [0, 0.1) is 0 Å². The van der Waals surface area contributed by atoms with Crippen molar-refractivity contribution >= 4 is 94.4 Å². The van der Waals surface area contributed by atoms with Gasteiger partial charge in [0.1, 0.15) is 0 Å². The molecule has 0 aromatic rings. The van der Waals surface area contributed by atoms with Gasteiger partial charge < -0.3 is 0 Å². The Kier molecular flexibility index (Phi) is 14.0. The molecule has 8 N–H and O–H groups in total. The number of hydrogen-bond donors (Lipinski definition) is 8. The van der Waals surface area contributed by atoms with Gasteiger partial charge in [0.2, 0.25) is 0 Å². The first-order chi connectivity index (χ1) is 13.5. The van der Waals surface area contributed by atoms with Crippen molar-refractivity contribution in [1.29, 1.82) is 0 Å². The van der Waals surface area contributed by atoms with Gasteiger partial charge in [-0.05, 0) is 0 Å². The van der Waals surface area contributed by atoms with Gasteiger partial charge in [-0.25, -0.2) is 0 Å². The van der Waals surface area contributed by atoms with Gasteiger partial charge in [0.05, 0.1) is 0 Å². The molecule has 0 aliphatic carbocycles. The van der Waals surface area contributed by atoms with Crippen LogP contribution in [0.5, 0.6) is 0 Å². The van der Waals surface area contributed by atoms with E-state index in [2.05, 4.69) is 50.5 Å². The van der Waals surface area contributed by atoms with E-state index in [4.69, 9.17) is 35.2 Å². The van der Waals surface area contributed by atoms with Crippen LogP contribution in [-0.2, 0) is 31.5 Å². The van der Waals surface area contributed by atoms with Crippen molar-refractivity contribution in [3.63, 3.8) is 0 Å². The summed E-state index contributed by atoms with van der Waals surface area (Å²) in [6, 6.07) is -5.27. The zero-order chi connectivity index (χ0) is 22.8. The van der Waals surface area contributed by atoms with Crippen molar-refractivity contribution in [1.82, 2.24) is 0 Å². The second-order valence-corrected chi connectivity index (χ2v) is 12.0. The van der Waals surface area contributed by atoms with E-state index < -0.39 is 68.1 Å². The van der Waals surface area contributed by atoms with Crippen molar-refractivity contribution in [3.05, 3.63) is 0 Å². The molecule has 4 unspecified atom stereocenters. The number of carbonyl (C=O) groups excluding carboxylic acids is 4. The maximum atomic E-state index is 12.2. The average Bonchev–Trinajstić information content (AvgIpc) is 2.70. The van der Waals surface area contributed by atoms with Crippen LogP contribution >= 0.6 is 50.5 Å². The van der Waals surface area contributed by atoms with E-state index in [1.165, 1.54) is 0 Å². The van der Waals surface area contributed by atoms with E-state index in [1.807, 2.05) is 0 Å². The van der Waals surface area contributed by atoms with Crippen LogP contribution in [-0.4, -0.2) is 91.1 Å². The third-order valence-corrected chi connectivity index (χ3v) is 9.62. The van der Waals surface area contributed by atoms with Crippen LogP contribution in [0.4, 0.5) is 0 Å². The van der Waals surface area contributed by atoms with Gasteiger partial charge in [-0.15, -0.1) is 0 Å². The molecule has 0 bridgehead atoms. The molecule has 0 saturated heterocycles. The Morgan fingerprint density at radius 1 is 0.552 bits per heavy atom. The summed E-state index contributed by atoms with van der Waals surface area (Å²) in [5.41, 5.74) is 22.1. The fourth-order valence-electron chi connectivity index (χ4n) is 1.22. The summed E-state index contributed by atoms with van der Waals surface area (Å²) < 4.78 is 20.1. The molecule has 12 nitrogen and oxygen atoms in total. The molecule has 0 rings (SSSR count). The van der Waals surface area contributed by atoms with E-state index in [0.29, 0.717) is 0 Å². The molecule has 0 aromatic carbocycles. The fraction of sp³-hybridized carbons (Fsp3) is 0.667.